The van der Waals surface area contributed by atoms with Gasteiger partial charge in [0.15, 0.2) is 0 Å². The lowest BCUT2D eigenvalue weighted by molar-refractivity contribution is 0.0195. The van der Waals surface area contributed by atoms with E-state index < -0.39 is 5.60 Å². The maximum absolute atomic E-state index is 12.9. The van der Waals surface area contributed by atoms with E-state index >= 15 is 0 Å². The van der Waals surface area contributed by atoms with E-state index in [1.54, 1.807) is 17.0 Å². The fraction of sp³-hybridized carbons (Fsp3) is 0.562. The minimum atomic E-state index is -0.478. The molecule has 0 aromatic heterocycles. The van der Waals surface area contributed by atoms with Gasteiger partial charge in [0.05, 0.1) is 0 Å². The summed E-state index contributed by atoms with van der Waals surface area (Å²) in [5, 5.41) is 3.39. The first-order chi connectivity index (χ1) is 9.83. The lowest BCUT2D eigenvalue weighted by atomic mass is 10.0. The van der Waals surface area contributed by atoms with E-state index in [9.17, 15) is 9.18 Å². The molecule has 0 bridgehead atoms. The van der Waals surface area contributed by atoms with Crippen molar-refractivity contribution in [3.8, 4) is 0 Å². The number of piperazine rings is 1. The number of nitrogens with zero attached hydrogens (tertiary/aromatic N) is 1. The predicted octanol–water partition coefficient (Wildman–Crippen LogP) is 2.58. The lowest BCUT2D eigenvalue weighted by Gasteiger charge is -2.35. The Morgan fingerprint density at radius 1 is 1.38 bits per heavy atom. The second-order valence-electron chi connectivity index (χ2n) is 6.41. The van der Waals surface area contributed by atoms with Crippen LogP contribution in [0.1, 0.15) is 26.3 Å². The maximum Gasteiger partial charge on any atom is 0.410 e. The number of hydrogen-bond acceptors (Lipinski definition) is 3. The Labute approximate surface area is 125 Å². The zero-order valence-corrected chi connectivity index (χ0v) is 12.9. The van der Waals surface area contributed by atoms with E-state index in [1.807, 2.05) is 20.8 Å². The average Bonchev–Trinajstić information content (AvgIpc) is 2.40. The van der Waals surface area contributed by atoms with Gasteiger partial charge in [-0.1, -0.05) is 12.1 Å². The van der Waals surface area contributed by atoms with Gasteiger partial charge in [-0.05, 0) is 44.9 Å². The van der Waals surface area contributed by atoms with Crippen LogP contribution in [0.4, 0.5) is 9.18 Å². The fourth-order valence-electron chi connectivity index (χ4n) is 2.36. The molecule has 1 aromatic carbocycles. The molecule has 0 aliphatic carbocycles. The van der Waals surface area contributed by atoms with Crippen LogP contribution in [0, 0.1) is 5.82 Å². The van der Waals surface area contributed by atoms with E-state index in [4.69, 9.17) is 4.74 Å². The molecular weight excluding hydrogens is 271 g/mol. The van der Waals surface area contributed by atoms with Crippen molar-refractivity contribution in [3.63, 3.8) is 0 Å². The molecule has 4 nitrogen and oxygen atoms in total. The van der Waals surface area contributed by atoms with Crippen LogP contribution >= 0.6 is 0 Å². The third-order valence-electron chi connectivity index (χ3n) is 3.30. The molecule has 1 aromatic rings. The van der Waals surface area contributed by atoms with Gasteiger partial charge in [0.2, 0.25) is 0 Å². The molecule has 1 aliphatic heterocycles. The molecule has 1 N–H and O–H groups in total. The molecule has 1 heterocycles. The molecule has 1 atom stereocenters. The number of benzene rings is 1. The summed E-state index contributed by atoms with van der Waals surface area (Å²) in [5.41, 5.74) is 0.578. The summed E-state index contributed by atoms with van der Waals surface area (Å²) in [6.07, 6.45) is 0.493. The number of halogens is 1. The maximum atomic E-state index is 12.9. The Morgan fingerprint density at radius 2 is 2.05 bits per heavy atom. The first-order valence-electron chi connectivity index (χ1n) is 7.29. The zero-order chi connectivity index (χ0) is 15.5. The Hall–Kier alpha value is -1.62. The third kappa shape index (κ3) is 5.01. The fourth-order valence-corrected chi connectivity index (χ4v) is 2.36. The van der Waals surface area contributed by atoms with Gasteiger partial charge in [-0.15, -0.1) is 0 Å². The largest absolute Gasteiger partial charge is 0.444 e. The highest BCUT2D eigenvalue weighted by atomic mass is 19.1. The number of ether oxygens (including phenoxy) is 1. The van der Waals surface area contributed by atoms with Crippen molar-refractivity contribution in [3.05, 3.63) is 35.6 Å². The van der Waals surface area contributed by atoms with E-state index in [-0.39, 0.29) is 18.0 Å². The number of nitrogens with one attached hydrogen (secondary N) is 1. The lowest BCUT2D eigenvalue weighted by Crippen LogP contribution is -2.54. The van der Waals surface area contributed by atoms with Crippen LogP contribution in [0.3, 0.4) is 0 Å². The molecule has 0 saturated carbocycles. The molecular formula is C16H23FN2O2. The van der Waals surface area contributed by atoms with Gasteiger partial charge in [0, 0.05) is 25.7 Å². The number of rotatable bonds is 2. The molecule has 1 amide bonds. The molecule has 2 rings (SSSR count). The van der Waals surface area contributed by atoms with Crippen LogP contribution < -0.4 is 5.32 Å². The van der Waals surface area contributed by atoms with Crippen molar-refractivity contribution in [2.24, 2.45) is 0 Å². The van der Waals surface area contributed by atoms with Gasteiger partial charge in [-0.3, -0.25) is 0 Å². The van der Waals surface area contributed by atoms with Crippen molar-refractivity contribution in [2.75, 3.05) is 19.6 Å². The molecule has 21 heavy (non-hydrogen) atoms. The number of hydrogen-bond donors (Lipinski definition) is 1. The first-order valence-corrected chi connectivity index (χ1v) is 7.29. The summed E-state index contributed by atoms with van der Waals surface area (Å²) >= 11 is 0. The number of carbonyl (C=O) groups excluding carboxylic acids is 1. The highest BCUT2D eigenvalue weighted by Crippen LogP contribution is 2.13. The topological polar surface area (TPSA) is 41.6 Å². The molecule has 1 saturated heterocycles. The number of carbonyl (C=O) groups is 1. The molecule has 1 aliphatic rings. The van der Waals surface area contributed by atoms with Crippen molar-refractivity contribution >= 4 is 6.09 Å². The highest BCUT2D eigenvalue weighted by Gasteiger charge is 2.27. The second-order valence-corrected chi connectivity index (χ2v) is 6.41. The third-order valence-corrected chi connectivity index (χ3v) is 3.30. The number of amides is 1. The molecule has 0 unspecified atom stereocenters. The van der Waals surface area contributed by atoms with E-state index in [0.717, 1.165) is 18.5 Å². The Balaban J connectivity index is 1.91. The van der Waals surface area contributed by atoms with Crippen molar-refractivity contribution in [1.82, 2.24) is 10.2 Å². The van der Waals surface area contributed by atoms with Crippen molar-refractivity contribution < 1.29 is 13.9 Å². The van der Waals surface area contributed by atoms with Crippen LogP contribution in [0.5, 0.6) is 0 Å². The summed E-state index contributed by atoms with van der Waals surface area (Å²) in [4.78, 5) is 13.8. The van der Waals surface area contributed by atoms with Crippen LogP contribution in [0.15, 0.2) is 24.3 Å². The van der Waals surface area contributed by atoms with Gasteiger partial charge in [-0.25, -0.2) is 9.18 Å². The zero-order valence-electron chi connectivity index (χ0n) is 12.9. The monoisotopic (exact) mass is 294 g/mol. The molecule has 5 heteroatoms. The van der Waals surface area contributed by atoms with Crippen LogP contribution in [0.2, 0.25) is 0 Å². The summed E-state index contributed by atoms with van der Waals surface area (Å²) in [7, 11) is 0. The highest BCUT2D eigenvalue weighted by molar-refractivity contribution is 5.68. The minimum absolute atomic E-state index is 0.164. The Morgan fingerprint density at radius 3 is 2.67 bits per heavy atom. The molecule has 1 fully saturated rings. The summed E-state index contributed by atoms with van der Waals surface area (Å²) in [6, 6.07) is 6.65. The molecule has 0 spiro atoms. The van der Waals surface area contributed by atoms with Gasteiger partial charge >= 0.3 is 6.09 Å². The SMILES string of the molecule is CC(C)(C)OC(=O)N1CCN[C@@H](Cc2ccc(F)cc2)C1. The van der Waals surface area contributed by atoms with E-state index in [1.165, 1.54) is 12.1 Å². The van der Waals surface area contributed by atoms with E-state index in [0.29, 0.717) is 13.1 Å². The van der Waals surface area contributed by atoms with Crippen molar-refractivity contribution in [2.45, 2.75) is 38.8 Å². The molecule has 0 radical (unpaired) electrons. The summed E-state index contributed by atoms with van der Waals surface area (Å²) in [6.45, 7) is 7.58. The Bertz CT molecular complexity index is 482. The van der Waals surface area contributed by atoms with Gasteiger partial charge in [0.1, 0.15) is 11.4 Å². The van der Waals surface area contributed by atoms with Crippen molar-refractivity contribution in [1.29, 1.82) is 0 Å². The quantitative estimate of drug-likeness (QED) is 0.911. The minimum Gasteiger partial charge on any atom is -0.444 e. The van der Waals surface area contributed by atoms with Gasteiger partial charge < -0.3 is 15.0 Å². The van der Waals surface area contributed by atoms with Crippen LogP contribution in [0.25, 0.3) is 0 Å². The van der Waals surface area contributed by atoms with Crippen LogP contribution in [-0.4, -0.2) is 42.3 Å². The van der Waals surface area contributed by atoms with Gasteiger partial charge in [-0.2, -0.15) is 0 Å². The smallest absolute Gasteiger partial charge is 0.410 e. The normalized spacial score (nSPS) is 19.4. The second kappa shape index (κ2) is 6.43. The standard InChI is InChI=1S/C16H23FN2O2/c1-16(2,3)21-15(20)19-9-8-18-14(11-19)10-12-4-6-13(17)7-5-12/h4-7,14,18H,8-11H2,1-3H3/t14-/m0/s1. The average molecular weight is 294 g/mol. The van der Waals surface area contributed by atoms with Crippen LogP contribution in [-0.2, 0) is 11.2 Å². The Kier molecular flexibility index (Phi) is 4.83. The van der Waals surface area contributed by atoms with Gasteiger partial charge in [0.25, 0.3) is 0 Å². The van der Waals surface area contributed by atoms with E-state index in [2.05, 4.69) is 5.32 Å². The predicted molar refractivity (Wildman–Crippen MR) is 79.7 cm³/mol. The molecule has 116 valence electrons. The first kappa shape index (κ1) is 15.8. The summed E-state index contributed by atoms with van der Waals surface area (Å²) < 4.78 is 18.3. The summed E-state index contributed by atoms with van der Waals surface area (Å²) in [5.74, 6) is -0.231.